The molecule has 0 fully saturated rings. The van der Waals surface area contributed by atoms with Gasteiger partial charge in [0.2, 0.25) is 0 Å². The van der Waals surface area contributed by atoms with Gasteiger partial charge in [0, 0.05) is 22.0 Å². The molecule has 4 rings (SSSR count). The Morgan fingerprint density at radius 3 is 2.67 bits per heavy atom. The highest BCUT2D eigenvalue weighted by Crippen LogP contribution is 2.39. The molecule has 0 radical (unpaired) electrons. The molecule has 2 aromatic heterocycles. The molecule has 3 heterocycles. The number of nitrogens with one attached hydrogen (secondary N) is 1. The second kappa shape index (κ2) is 7.29. The molecular weight excluding hydrogens is 376 g/mol. The van der Waals surface area contributed by atoms with Crippen molar-refractivity contribution < 1.29 is 9.59 Å². The van der Waals surface area contributed by atoms with Crippen LogP contribution in [0.3, 0.4) is 0 Å². The van der Waals surface area contributed by atoms with Crippen LogP contribution in [0.1, 0.15) is 32.5 Å². The normalized spacial score (nSPS) is 16.1. The lowest BCUT2D eigenvalue weighted by molar-refractivity contribution is -0.144. The van der Waals surface area contributed by atoms with E-state index in [-0.39, 0.29) is 6.04 Å². The van der Waals surface area contributed by atoms with Gasteiger partial charge < -0.3 is 10.2 Å². The number of carbonyl (C=O) groups is 2. The average Bonchev–Trinajstić information content (AvgIpc) is 3.34. The number of hydrogen-bond acceptors (Lipinski definition) is 4. The zero-order valence-electron chi connectivity index (χ0n) is 15.2. The van der Waals surface area contributed by atoms with Gasteiger partial charge in [-0.3, -0.25) is 9.59 Å². The highest BCUT2D eigenvalue weighted by atomic mass is 32.1. The van der Waals surface area contributed by atoms with Gasteiger partial charge in [-0.25, -0.2) is 0 Å². The molecule has 138 valence electrons. The summed E-state index contributed by atoms with van der Waals surface area (Å²) < 4.78 is 0. The Bertz CT molecular complexity index is 992. The Morgan fingerprint density at radius 2 is 1.93 bits per heavy atom. The monoisotopic (exact) mass is 396 g/mol. The minimum absolute atomic E-state index is 0.182. The molecule has 1 aliphatic rings. The van der Waals surface area contributed by atoms with E-state index in [0.717, 1.165) is 28.0 Å². The van der Waals surface area contributed by atoms with Crippen molar-refractivity contribution in [3.63, 3.8) is 0 Å². The summed E-state index contributed by atoms with van der Waals surface area (Å²) in [5, 5.41) is 6.84. The Balaban J connectivity index is 1.60. The zero-order valence-corrected chi connectivity index (χ0v) is 16.8. The van der Waals surface area contributed by atoms with Crippen LogP contribution in [-0.2, 0) is 16.0 Å². The van der Waals surface area contributed by atoms with Crippen LogP contribution in [0.2, 0.25) is 0 Å². The largest absolute Gasteiger partial charge is 0.322 e. The number of anilines is 1. The topological polar surface area (TPSA) is 49.4 Å². The molecule has 2 amide bonds. The summed E-state index contributed by atoms with van der Waals surface area (Å²) in [4.78, 5) is 29.8. The summed E-state index contributed by atoms with van der Waals surface area (Å²) in [6, 6.07) is 11.6. The fraction of sp³-hybridized carbons (Fsp3) is 0.238. The maximum absolute atomic E-state index is 13.0. The Hall–Kier alpha value is -2.44. The van der Waals surface area contributed by atoms with E-state index in [1.807, 2.05) is 49.6 Å². The van der Waals surface area contributed by atoms with Crippen molar-refractivity contribution in [1.82, 2.24) is 4.90 Å². The molecule has 1 aromatic carbocycles. The summed E-state index contributed by atoms with van der Waals surface area (Å²) in [6.07, 6.45) is 0.789. The minimum Gasteiger partial charge on any atom is -0.322 e. The van der Waals surface area contributed by atoms with Crippen molar-refractivity contribution in [1.29, 1.82) is 0 Å². The molecule has 0 aliphatic carbocycles. The van der Waals surface area contributed by atoms with E-state index in [4.69, 9.17) is 0 Å². The van der Waals surface area contributed by atoms with Crippen molar-refractivity contribution in [3.8, 4) is 0 Å². The van der Waals surface area contributed by atoms with Gasteiger partial charge in [0.15, 0.2) is 0 Å². The molecule has 0 saturated heterocycles. The lowest BCUT2D eigenvalue weighted by Crippen LogP contribution is -2.45. The van der Waals surface area contributed by atoms with Gasteiger partial charge >= 0.3 is 11.8 Å². The van der Waals surface area contributed by atoms with Crippen molar-refractivity contribution in [2.24, 2.45) is 0 Å². The number of aryl methyl sites for hydroxylation is 2. The first-order valence-electron chi connectivity index (χ1n) is 8.83. The van der Waals surface area contributed by atoms with Gasteiger partial charge in [-0.2, -0.15) is 0 Å². The number of carbonyl (C=O) groups excluding carboxylic acids is 2. The van der Waals surface area contributed by atoms with E-state index >= 15 is 0 Å². The maximum atomic E-state index is 13.0. The smallest absolute Gasteiger partial charge is 0.313 e. The number of fused-ring (bicyclic) bond motifs is 1. The van der Waals surface area contributed by atoms with Crippen LogP contribution in [0.5, 0.6) is 0 Å². The van der Waals surface area contributed by atoms with Crippen molar-refractivity contribution in [2.45, 2.75) is 26.3 Å². The Morgan fingerprint density at radius 1 is 1.07 bits per heavy atom. The lowest BCUT2D eigenvalue weighted by Gasteiger charge is -2.35. The Labute approximate surface area is 166 Å². The summed E-state index contributed by atoms with van der Waals surface area (Å²) in [7, 11) is 0. The third-order valence-electron chi connectivity index (χ3n) is 5.00. The first-order valence-corrected chi connectivity index (χ1v) is 10.6. The highest BCUT2D eigenvalue weighted by Gasteiger charge is 2.36. The van der Waals surface area contributed by atoms with Gasteiger partial charge in [0.05, 0.1) is 6.04 Å². The molecule has 0 spiro atoms. The molecule has 1 N–H and O–H groups in total. The predicted octanol–water partition coefficient (Wildman–Crippen LogP) is 4.54. The fourth-order valence-electron chi connectivity index (χ4n) is 3.42. The fourth-order valence-corrected chi connectivity index (χ4v) is 5.18. The van der Waals surface area contributed by atoms with E-state index in [2.05, 4.69) is 16.8 Å². The van der Waals surface area contributed by atoms with E-state index in [0.29, 0.717) is 12.2 Å². The van der Waals surface area contributed by atoms with Gasteiger partial charge in [0.25, 0.3) is 0 Å². The first-order chi connectivity index (χ1) is 13.0. The number of thiophene rings is 2. The van der Waals surface area contributed by atoms with Crippen LogP contribution < -0.4 is 5.32 Å². The number of benzene rings is 1. The second-order valence-corrected chi connectivity index (χ2v) is 8.70. The molecule has 0 saturated carbocycles. The molecule has 0 bridgehead atoms. The third kappa shape index (κ3) is 3.42. The minimum atomic E-state index is -0.585. The predicted molar refractivity (Wildman–Crippen MR) is 110 cm³/mol. The molecule has 1 aliphatic heterocycles. The quantitative estimate of drug-likeness (QED) is 0.647. The van der Waals surface area contributed by atoms with Crippen LogP contribution in [0.25, 0.3) is 0 Å². The third-order valence-corrected chi connectivity index (χ3v) is 6.92. The zero-order chi connectivity index (χ0) is 19.0. The van der Waals surface area contributed by atoms with Crippen LogP contribution in [0.15, 0.2) is 47.2 Å². The molecular formula is C21H20N2O2S2. The van der Waals surface area contributed by atoms with Crippen LogP contribution in [0, 0.1) is 13.8 Å². The van der Waals surface area contributed by atoms with Crippen molar-refractivity contribution in [3.05, 3.63) is 73.6 Å². The van der Waals surface area contributed by atoms with Gasteiger partial charge in [-0.05, 0) is 72.0 Å². The summed E-state index contributed by atoms with van der Waals surface area (Å²) >= 11 is 3.34. The average molecular weight is 397 g/mol. The number of rotatable bonds is 2. The van der Waals surface area contributed by atoms with E-state index in [1.165, 1.54) is 4.88 Å². The van der Waals surface area contributed by atoms with Gasteiger partial charge in [-0.1, -0.05) is 12.1 Å². The van der Waals surface area contributed by atoms with Crippen LogP contribution in [-0.4, -0.2) is 23.3 Å². The van der Waals surface area contributed by atoms with Gasteiger partial charge in [0.1, 0.15) is 0 Å². The molecule has 4 nitrogen and oxygen atoms in total. The van der Waals surface area contributed by atoms with E-state index in [1.54, 1.807) is 27.6 Å². The van der Waals surface area contributed by atoms with E-state index in [9.17, 15) is 9.59 Å². The Kier molecular flexibility index (Phi) is 4.85. The summed E-state index contributed by atoms with van der Waals surface area (Å²) in [6.45, 7) is 4.56. The summed E-state index contributed by atoms with van der Waals surface area (Å²) in [5.74, 6) is -1.07. The molecule has 3 aromatic rings. The van der Waals surface area contributed by atoms with Crippen molar-refractivity contribution in [2.75, 3.05) is 11.9 Å². The number of hydrogen-bond donors (Lipinski definition) is 1. The van der Waals surface area contributed by atoms with Gasteiger partial charge in [-0.15, -0.1) is 22.7 Å². The first kappa shape index (κ1) is 17.9. The second-order valence-electron chi connectivity index (χ2n) is 6.72. The van der Waals surface area contributed by atoms with Crippen LogP contribution >= 0.6 is 22.7 Å². The van der Waals surface area contributed by atoms with Crippen molar-refractivity contribution >= 4 is 40.2 Å². The number of nitrogens with zero attached hydrogens (tertiary/aromatic N) is 1. The summed E-state index contributed by atoms with van der Waals surface area (Å²) in [5.41, 5.74) is 4.02. The molecule has 0 unspecified atom stereocenters. The highest BCUT2D eigenvalue weighted by molar-refractivity contribution is 7.10. The number of amides is 2. The van der Waals surface area contributed by atoms with Crippen LogP contribution in [0.4, 0.5) is 5.69 Å². The van der Waals surface area contributed by atoms with E-state index < -0.39 is 11.8 Å². The molecule has 6 heteroatoms. The molecule has 27 heavy (non-hydrogen) atoms. The molecule has 1 atom stereocenters. The standard InChI is InChI=1S/C21H20N2O2S2/c1-13-5-6-15(12-14(13)2)22-20(24)21(25)23-9-7-17-16(8-11-27-17)19(23)18-4-3-10-26-18/h3-6,8,10-12,19H,7,9H2,1-2H3,(H,22,24)/t19-/m0/s1. The SMILES string of the molecule is Cc1ccc(NC(=O)C(=O)N2CCc3sccc3[C@H]2c2cccs2)cc1C. The lowest BCUT2D eigenvalue weighted by atomic mass is 9.98. The maximum Gasteiger partial charge on any atom is 0.313 e.